The molecule has 1 aliphatic heterocycles. The Balaban J connectivity index is 1.70. The van der Waals surface area contributed by atoms with Gasteiger partial charge in [0.15, 0.2) is 0 Å². The minimum Gasteiger partial charge on any atom is -0.467 e. The molecule has 0 aliphatic carbocycles. The lowest BCUT2D eigenvalue weighted by molar-refractivity contribution is 0.0412. The van der Waals surface area contributed by atoms with Gasteiger partial charge in [0.2, 0.25) is 0 Å². The van der Waals surface area contributed by atoms with Crippen molar-refractivity contribution in [1.82, 2.24) is 20.2 Å². The maximum Gasteiger partial charge on any atom is 0.409 e. The zero-order chi connectivity index (χ0) is 20.3. The van der Waals surface area contributed by atoms with Gasteiger partial charge in [0.05, 0.1) is 12.8 Å². The monoisotopic (exact) mass is 385 g/mol. The van der Waals surface area contributed by atoms with Crippen LogP contribution in [0.3, 0.4) is 0 Å². The Morgan fingerprint density at radius 3 is 2.68 bits per heavy atom. The number of carbonyl (C=O) groups excluding carboxylic acids is 2. The van der Waals surface area contributed by atoms with E-state index in [-0.39, 0.29) is 29.9 Å². The van der Waals surface area contributed by atoms with E-state index in [4.69, 9.17) is 15.2 Å². The van der Waals surface area contributed by atoms with Crippen LogP contribution in [0.15, 0.2) is 30.3 Å². The number of fused-ring (bicyclic) bond motifs is 1. The van der Waals surface area contributed by atoms with Gasteiger partial charge in [-0.2, -0.15) is 9.97 Å². The van der Waals surface area contributed by atoms with Crippen LogP contribution in [0, 0.1) is 0 Å². The van der Waals surface area contributed by atoms with Gasteiger partial charge in [0.1, 0.15) is 23.7 Å². The molecule has 148 valence electrons. The molecule has 0 spiro atoms. The summed E-state index contributed by atoms with van der Waals surface area (Å²) in [4.78, 5) is 34.9. The molecule has 0 bridgehead atoms. The lowest BCUT2D eigenvalue weighted by atomic mass is 10.0. The number of nitrogen functional groups attached to an aromatic ring is 1. The summed E-state index contributed by atoms with van der Waals surface area (Å²) in [5, 5.41) is 2.74. The van der Waals surface area contributed by atoms with Crippen LogP contribution in [-0.2, 0) is 17.8 Å². The molecule has 28 heavy (non-hydrogen) atoms. The fourth-order valence-corrected chi connectivity index (χ4v) is 3.07. The van der Waals surface area contributed by atoms with Crippen molar-refractivity contribution >= 4 is 17.8 Å². The molecule has 0 saturated heterocycles. The average molecular weight is 385 g/mol. The number of hydrogen-bond acceptors (Lipinski definition) is 7. The zero-order valence-corrected chi connectivity index (χ0v) is 16.1. The normalized spacial score (nSPS) is 13.7. The molecule has 2 aromatic rings. The van der Waals surface area contributed by atoms with Crippen LogP contribution >= 0.6 is 0 Å². The summed E-state index contributed by atoms with van der Waals surface area (Å²) in [6, 6.07) is 9.47. The first kappa shape index (κ1) is 19.4. The van der Waals surface area contributed by atoms with Gasteiger partial charge in [-0.15, -0.1) is 0 Å². The van der Waals surface area contributed by atoms with Gasteiger partial charge in [0, 0.05) is 13.0 Å². The van der Waals surface area contributed by atoms with Gasteiger partial charge in [-0.3, -0.25) is 10.1 Å². The van der Waals surface area contributed by atoms with Crippen LogP contribution in [0.2, 0.25) is 0 Å². The summed E-state index contributed by atoms with van der Waals surface area (Å²) in [5.74, 6) is -0.297. The minimum absolute atomic E-state index is 0.0546. The summed E-state index contributed by atoms with van der Waals surface area (Å²) < 4.78 is 10.3. The molecule has 1 aromatic carbocycles. The van der Waals surface area contributed by atoms with E-state index in [0.29, 0.717) is 18.7 Å². The van der Waals surface area contributed by atoms with Gasteiger partial charge in [0.25, 0.3) is 5.91 Å². The van der Waals surface area contributed by atoms with Crippen LogP contribution in [0.1, 0.15) is 35.5 Å². The molecule has 0 atom stereocenters. The second-order valence-electron chi connectivity index (χ2n) is 6.87. The van der Waals surface area contributed by atoms with Crippen molar-refractivity contribution in [3.63, 3.8) is 0 Å². The highest BCUT2D eigenvalue weighted by Crippen LogP contribution is 2.27. The number of alkyl carbamates (subject to hydrolysis) is 1. The van der Waals surface area contributed by atoms with E-state index in [2.05, 4.69) is 15.3 Å². The summed E-state index contributed by atoms with van der Waals surface area (Å²) in [6.45, 7) is 3.94. The Labute approximate surface area is 162 Å². The van der Waals surface area contributed by atoms with Crippen molar-refractivity contribution in [3.05, 3.63) is 47.2 Å². The summed E-state index contributed by atoms with van der Waals surface area (Å²) in [7, 11) is 1.44. The number of rotatable bonds is 5. The quantitative estimate of drug-likeness (QED) is 0.804. The average Bonchev–Trinajstić information content (AvgIpc) is 2.66. The fraction of sp³-hybridized carbons (Fsp3) is 0.368. The van der Waals surface area contributed by atoms with Crippen molar-refractivity contribution in [2.45, 2.75) is 32.5 Å². The highest BCUT2D eigenvalue weighted by Gasteiger charge is 2.38. The number of nitrogens with two attached hydrogens (primary N) is 1. The fourth-order valence-electron chi connectivity index (χ4n) is 3.07. The van der Waals surface area contributed by atoms with Crippen LogP contribution in [0.4, 0.5) is 10.6 Å². The molecule has 9 nitrogen and oxygen atoms in total. The smallest absolute Gasteiger partial charge is 0.409 e. The third kappa shape index (κ3) is 3.98. The first-order valence-electron chi connectivity index (χ1n) is 8.83. The summed E-state index contributed by atoms with van der Waals surface area (Å²) in [5.41, 5.74) is 6.59. The molecular weight excluding hydrogens is 362 g/mol. The van der Waals surface area contributed by atoms with E-state index in [0.717, 1.165) is 5.56 Å². The summed E-state index contributed by atoms with van der Waals surface area (Å²) >= 11 is 0. The summed E-state index contributed by atoms with van der Waals surface area (Å²) in [6.07, 6.45) is -0.152. The first-order chi connectivity index (χ1) is 13.3. The van der Waals surface area contributed by atoms with Crippen molar-refractivity contribution in [2.75, 3.05) is 19.4 Å². The third-order valence-corrected chi connectivity index (χ3v) is 4.50. The van der Waals surface area contributed by atoms with Gasteiger partial charge >= 0.3 is 12.1 Å². The SMILES string of the molecule is COc1nc(N)c2c(n1)CCN(C(C)(C)NC(=O)OCc1ccccc1)C2=O. The molecule has 0 fully saturated rings. The molecule has 0 unspecified atom stereocenters. The number of amides is 2. The van der Waals surface area contributed by atoms with Crippen molar-refractivity contribution < 1.29 is 19.1 Å². The van der Waals surface area contributed by atoms with Crippen molar-refractivity contribution in [1.29, 1.82) is 0 Å². The molecular formula is C19H23N5O4. The minimum atomic E-state index is -0.991. The lowest BCUT2D eigenvalue weighted by Crippen LogP contribution is -2.60. The Bertz CT molecular complexity index is 885. The Hall–Kier alpha value is -3.36. The maximum atomic E-state index is 13.0. The number of anilines is 1. The topological polar surface area (TPSA) is 120 Å². The zero-order valence-electron chi connectivity index (χ0n) is 16.1. The van der Waals surface area contributed by atoms with Crippen LogP contribution in [0.25, 0.3) is 0 Å². The largest absolute Gasteiger partial charge is 0.467 e. The predicted octanol–water partition coefficient (Wildman–Crippen LogP) is 1.73. The van der Waals surface area contributed by atoms with E-state index in [9.17, 15) is 9.59 Å². The number of hydrogen-bond donors (Lipinski definition) is 2. The number of nitrogens with zero attached hydrogens (tertiary/aromatic N) is 3. The molecule has 3 N–H and O–H groups in total. The van der Waals surface area contributed by atoms with Crippen molar-refractivity contribution in [3.8, 4) is 6.01 Å². The van der Waals surface area contributed by atoms with Gasteiger partial charge in [-0.25, -0.2) is 4.79 Å². The number of nitrogens with one attached hydrogen (secondary N) is 1. The van der Waals surface area contributed by atoms with Gasteiger partial charge in [-0.05, 0) is 19.4 Å². The molecule has 2 amide bonds. The van der Waals surface area contributed by atoms with Gasteiger partial charge in [-0.1, -0.05) is 30.3 Å². The third-order valence-electron chi connectivity index (χ3n) is 4.50. The van der Waals surface area contributed by atoms with Crippen LogP contribution < -0.4 is 15.8 Å². The molecule has 2 heterocycles. The molecule has 3 rings (SSSR count). The Kier molecular flexibility index (Phi) is 5.34. The van der Waals surface area contributed by atoms with Gasteiger partial charge < -0.3 is 20.1 Å². The maximum absolute atomic E-state index is 13.0. The van der Waals surface area contributed by atoms with E-state index < -0.39 is 11.8 Å². The standard InChI is InChI=1S/C19H23N5O4/c1-19(2,23-18(26)28-11-12-7-5-4-6-8-12)24-10-9-13-14(16(24)25)15(20)22-17(21-13)27-3/h4-8H,9-11H2,1-3H3,(H,23,26)(H2,20,21,22). The molecule has 9 heteroatoms. The Morgan fingerprint density at radius 1 is 1.29 bits per heavy atom. The second kappa shape index (κ2) is 7.71. The number of carbonyl (C=O) groups is 2. The second-order valence-corrected chi connectivity index (χ2v) is 6.87. The van der Waals surface area contributed by atoms with Crippen molar-refractivity contribution in [2.24, 2.45) is 0 Å². The number of methoxy groups -OCH3 is 1. The number of ether oxygens (including phenoxy) is 2. The highest BCUT2D eigenvalue weighted by molar-refractivity contribution is 6.00. The van der Waals surface area contributed by atoms with E-state index >= 15 is 0 Å². The lowest BCUT2D eigenvalue weighted by Gasteiger charge is -2.41. The number of benzene rings is 1. The van der Waals surface area contributed by atoms with E-state index in [1.807, 2.05) is 30.3 Å². The van der Waals surface area contributed by atoms with E-state index in [1.165, 1.54) is 12.0 Å². The molecule has 0 saturated carbocycles. The molecule has 0 radical (unpaired) electrons. The highest BCUT2D eigenvalue weighted by atomic mass is 16.5. The first-order valence-corrected chi connectivity index (χ1v) is 8.83. The van der Waals surface area contributed by atoms with E-state index in [1.54, 1.807) is 13.8 Å². The molecule has 1 aromatic heterocycles. The predicted molar refractivity (Wildman–Crippen MR) is 102 cm³/mol. The number of aromatic nitrogens is 2. The molecule has 1 aliphatic rings. The van der Waals surface area contributed by atoms with Crippen LogP contribution in [0.5, 0.6) is 6.01 Å². The van der Waals surface area contributed by atoms with Crippen LogP contribution in [-0.4, -0.2) is 46.2 Å². The Morgan fingerprint density at radius 2 is 2.00 bits per heavy atom.